The Hall–Kier alpha value is -2.31. The van der Waals surface area contributed by atoms with E-state index in [0.29, 0.717) is 24.4 Å². The van der Waals surface area contributed by atoms with E-state index in [1.54, 1.807) is 0 Å². The number of nitrogens with zero attached hydrogens (tertiary/aromatic N) is 1. The lowest BCUT2D eigenvalue weighted by atomic mass is 10.0. The number of thioether (sulfide) groups is 1. The van der Waals surface area contributed by atoms with Gasteiger partial charge in [-0.05, 0) is 29.7 Å². The van der Waals surface area contributed by atoms with Gasteiger partial charge in [-0.3, -0.25) is 19.3 Å². The lowest BCUT2D eigenvalue weighted by Crippen LogP contribution is -2.35. The summed E-state index contributed by atoms with van der Waals surface area (Å²) in [6.45, 7) is -0.00129. The Bertz CT molecular complexity index is 841. The Morgan fingerprint density at radius 1 is 1.07 bits per heavy atom. The number of benzene rings is 2. The summed E-state index contributed by atoms with van der Waals surface area (Å²) in [4.78, 5) is 36.8. The lowest BCUT2D eigenvalue weighted by molar-refractivity contribution is -0.153. The summed E-state index contributed by atoms with van der Waals surface area (Å²) < 4.78 is 5.08. The van der Waals surface area contributed by atoms with Crippen LogP contribution in [0.1, 0.15) is 29.2 Å². The third-order valence-electron chi connectivity index (χ3n) is 4.37. The lowest BCUT2D eigenvalue weighted by Gasteiger charge is -2.18. The quantitative estimate of drug-likeness (QED) is 0.640. The first-order valence-electron chi connectivity index (χ1n) is 8.95. The summed E-state index contributed by atoms with van der Waals surface area (Å²) in [5.74, 6) is -1.07. The standard InChI is InChI=1S/C21H20ClNO4S/c22-17-10-8-16(9-11-17)21(15-5-2-1-3-6-15)28-14-20(26)27-13-19(25)23-12-4-7-18(23)24/h1-3,5-6,8-11,21H,4,7,12-14H2/t21-/m0/s1. The van der Waals surface area contributed by atoms with Crippen LogP contribution >= 0.6 is 23.4 Å². The minimum atomic E-state index is -0.486. The summed E-state index contributed by atoms with van der Waals surface area (Å²) in [6, 6.07) is 17.3. The molecule has 1 atom stereocenters. The van der Waals surface area contributed by atoms with Crippen molar-refractivity contribution < 1.29 is 19.1 Å². The minimum absolute atomic E-state index is 0.0677. The van der Waals surface area contributed by atoms with Gasteiger partial charge in [0.05, 0.1) is 11.0 Å². The summed E-state index contributed by atoms with van der Waals surface area (Å²) in [5, 5.41) is 0.580. The molecule has 3 rings (SSSR count). The van der Waals surface area contributed by atoms with Crippen molar-refractivity contribution in [2.45, 2.75) is 18.1 Å². The van der Waals surface area contributed by atoms with Gasteiger partial charge in [0.25, 0.3) is 5.91 Å². The van der Waals surface area contributed by atoms with E-state index in [1.165, 1.54) is 11.8 Å². The van der Waals surface area contributed by atoms with Crippen LogP contribution in [-0.2, 0) is 19.1 Å². The van der Waals surface area contributed by atoms with Crippen molar-refractivity contribution in [3.8, 4) is 0 Å². The van der Waals surface area contributed by atoms with Crippen molar-refractivity contribution in [3.05, 3.63) is 70.7 Å². The van der Waals surface area contributed by atoms with Crippen LogP contribution in [0.25, 0.3) is 0 Å². The molecule has 1 fully saturated rings. The molecule has 2 aromatic rings. The molecule has 0 saturated carbocycles. The molecule has 2 aromatic carbocycles. The number of carbonyl (C=O) groups is 3. The number of esters is 1. The third kappa shape index (κ3) is 5.36. The van der Waals surface area contributed by atoms with Crippen molar-refractivity contribution in [2.24, 2.45) is 0 Å². The van der Waals surface area contributed by atoms with E-state index in [1.807, 2.05) is 54.6 Å². The van der Waals surface area contributed by atoms with Crippen LogP contribution in [0, 0.1) is 0 Å². The van der Waals surface area contributed by atoms with Crippen molar-refractivity contribution in [3.63, 3.8) is 0 Å². The van der Waals surface area contributed by atoms with Crippen molar-refractivity contribution >= 4 is 41.1 Å². The maximum absolute atomic E-state index is 12.1. The highest BCUT2D eigenvalue weighted by Gasteiger charge is 2.27. The average molecular weight is 418 g/mol. The molecule has 1 saturated heterocycles. The fourth-order valence-corrected chi connectivity index (χ4v) is 4.19. The largest absolute Gasteiger partial charge is 0.455 e. The molecule has 0 aromatic heterocycles. The Kier molecular flexibility index (Phi) is 7.12. The Morgan fingerprint density at radius 2 is 1.75 bits per heavy atom. The fraction of sp³-hybridized carbons (Fsp3) is 0.286. The van der Waals surface area contributed by atoms with Gasteiger partial charge in [-0.1, -0.05) is 54.1 Å². The first-order valence-corrected chi connectivity index (χ1v) is 10.4. The van der Waals surface area contributed by atoms with E-state index in [-0.39, 0.29) is 16.9 Å². The fourth-order valence-electron chi connectivity index (χ4n) is 2.98. The zero-order valence-electron chi connectivity index (χ0n) is 15.2. The van der Waals surface area contributed by atoms with Gasteiger partial charge in [-0.2, -0.15) is 0 Å². The first kappa shape index (κ1) is 20.4. The second-order valence-electron chi connectivity index (χ2n) is 6.36. The van der Waals surface area contributed by atoms with Crippen LogP contribution in [-0.4, -0.2) is 41.6 Å². The second-order valence-corrected chi connectivity index (χ2v) is 7.89. The number of ether oxygens (including phenoxy) is 1. The van der Waals surface area contributed by atoms with Gasteiger partial charge in [-0.25, -0.2) is 0 Å². The van der Waals surface area contributed by atoms with Crippen LogP contribution in [0.4, 0.5) is 0 Å². The third-order valence-corrected chi connectivity index (χ3v) is 5.91. The zero-order valence-corrected chi connectivity index (χ0v) is 16.7. The maximum Gasteiger partial charge on any atom is 0.316 e. The molecule has 28 heavy (non-hydrogen) atoms. The molecule has 0 N–H and O–H groups in total. The first-order chi connectivity index (χ1) is 13.5. The number of halogens is 1. The van der Waals surface area contributed by atoms with Gasteiger partial charge in [0.15, 0.2) is 6.61 Å². The van der Waals surface area contributed by atoms with E-state index >= 15 is 0 Å². The zero-order chi connectivity index (χ0) is 19.9. The predicted octanol–water partition coefficient (Wildman–Crippen LogP) is 3.85. The molecule has 0 aliphatic carbocycles. The molecule has 2 amide bonds. The Labute approximate surface area is 173 Å². The highest BCUT2D eigenvalue weighted by Crippen LogP contribution is 2.36. The van der Waals surface area contributed by atoms with Crippen molar-refractivity contribution in [2.75, 3.05) is 18.9 Å². The highest BCUT2D eigenvalue weighted by molar-refractivity contribution is 8.00. The number of carbonyl (C=O) groups excluding carboxylic acids is 3. The topological polar surface area (TPSA) is 63.7 Å². The highest BCUT2D eigenvalue weighted by atomic mass is 35.5. The van der Waals surface area contributed by atoms with Gasteiger partial charge in [-0.15, -0.1) is 11.8 Å². The molecule has 1 heterocycles. The Morgan fingerprint density at radius 3 is 2.39 bits per heavy atom. The van der Waals surface area contributed by atoms with Crippen LogP contribution < -0.4 is 0 Å². The smallest absolute Gasteiger partial charge is 0.316 e. The molecule has 0 radical (unpaired) electrons. The molecular weight excluding hydrogens is 398 g/mol. The second kappa shape index (κ2) is 9.75. The van der Waals surface area contributed by atoms with Gasteiger partial charge in [0.1, 0.15) is 0 Å². The molecular formula is C21H20ClNO4S. The number of likely N-dealkylation sites (tertiary alicyclic amines) is 1. The summed E-state index contributed by atoms with van der Waals surface area (Å²) in [5.41, 5.74) is 2.08. The van der Waals surface area contributed by atoms with E-state index in [2.05, 4.69) is 0 Å². The number of hydrogen-bond acceptors (Lipinski definition) is 5. The number of rotatable bonds is 7. The van der Waals surface area contributed by atoms with Crippen LogP contribution in [0.5, 0.6) is 0 Å². The monoisotopic (exact) mass is 417 g/mol. The summed E-state index contributed by atoms with van der Waals surface area (Å²) in [7, 11) is 0. The van der Waals surface area contributed by atoms with Gasteiger partial charge < -0.3 is 4.74 Å². The molecule has 5 nitrogen and oxygen atoms in total. The van der Waals surface area contributed by atoms with E-state index < -0.39 is 18.5 Å². The molecule has 146 valence electrons. The Balaban J connectivity index is 1.58. The number of amides is 2. The van der Waals surface area contributed by atoms with Gasteiger partial charge in [0.2, 0.25) is 5.91 Å². The number of imide groups is 1. The van der Waals surface area contributed by atoms with E-state index in [9.17, 15) is 14.4 Å². The maximum atomic E-state index is 12.1. The van der Waals surface area contributed by atoms with E-state index in [4.69, 9.17) is 16.3 Å². The van der Waals surface area contributed by atoms with E-state index in [0.717, 1.165) is 16.0 Å². The molecule has 0 unspecified atom stereocenters. The normalized spacial score (nSPS) is 14.8. The minimum Gasteiger partial charge on any atom is -0.455 e. The van der Waals surface area contributed by atoms with Crippen molar-refractivity contribution in [1.29, 1.82) is 0 Å². The summed E-state index contributed by atoms with van der Waals surface area (Å²) in [6.07, 6.45) is 1.03. The molecule has 0 spiro atoms. The molecule has 1 aliphatic rings. The predicted molar refractivity (Wildman–Crippen MR) is 109 cm³/mol. The molecule has 1 aliphatic heterocycles. The summed E-state index contributed by atoms with van der Waals surface area (Å²) >= 11 is 7.40. The number of hydrogen-bond donors (Lipinski definition) is 0. The van der Waals surface area contributed by atoms with Crippen LogP contribution in [0.2, 0.25) is 5.02 Å². The molecule has 7 heteroatoms. The van der Waals surface area contributed by atoms with Gasteiger partial charge in [0, 0.05) is 18.0 Å². The van der Waals surface area contributed by atoms with Crippen LogP contribution in [0.15, 0.2) is 54.6 Å². The van der Waals surface area contributed by atoms with Crippen molar-refractivity contribution in [1.82, 2.24) is 4.90 Å². The molecule has 0 bridgehead atoms. The van der Waals surface area contributed by atoms with Crippen LogP contribution in [0.3, 0.4) is 0 Å². The average Bonchev–Trinajstić information content (AvgIpc) is 3.14. The SMILES string of the molecule is O=C(CS[C@@H](c1ccccc1)c1ccc(Cl)cc1)OCC(=O)N1CCCC1=O. The van der Waals surface area contributed by atoms with Gasteiger partial charge >= 0.3 is 5.97 Å².